The Bertz CT molecular complexity index is 1250. The van der Waals surface area contributed by atoms with Crippen molar-refractivity contribution in [1.82, 2.24) is 15.3 Å². The van der Waals surface area contributed by atoms with Crippen LogP contribution in [-0.2, 0) is 14.3 Å². The third kappa shape index (κ3) is 8.36. The summed E-state index contributed by atoms with van der Waals surface area (Å²) in [5.41, 5.74) is 1.92. The molecule has 3 N–H and O–H groups in total. The highest BCUT2D eigenvalue weighted by molar-refractivity contribution is 8.00. The average molecular weight is 550 g/mol. The van der Waals surface area contributed by atoms with Gasteiger partial charge in [0.15, 0.2) is 0 Å². The van der Waals surface area contributed by atoms with Crippen molar-refractivity contribution >= 4 is 63.3 Å². The summed E-state index contributed by atoms with van der Waals surface area (Å²) in [4.78, 5) is 32.3. The fourth-order valence-electron chi connectivity index (χ4n) is 3.37. The van der Waals surface area contributed by atoms with Crippen LogP contribution in [-0.4, -0.2) is 59.2 Å². The van der Waals surface area contributed by atoms with Crippen molar-refractivity contribution in [1.29, 1.82) is 0 Å². The highest BCUT2D eigenvalue weighted by Crippen LogP contribution is 2.33. The molecule has 3 rings (SSSR count). The normalized spacial score (nSPS) is 11.6. The largest absolute Gasteiger partial charge is 0.492 e. The monoisotopic (exact) mass is 549 g/mol. The number of fused-ring (bicyclic) bond motifs is 1. The molecular formula is C25H29ClFN5O4S. The predicted molar refractivity (Wildman–Crippen MR) is 145 cm³/mol. The number of esters is 1. The van der Waals surface area contributed by atoms with Gasteiger partial charge in [-0.25, -0.2) is 14.4 Å². The lowest BCUT2D eigenvalue weighted by Crippen LogP contribution is -2.38. The van der Waals surface area contributed by atoms with Crippen molar-refractivity contribution in [2.75, 3.05) is 41.9 Å². The van der Waals surface area contributed by atoms with Crippen LogP contribution in [0.2, 0.25) is 5.02 Å². The van der Waals surface area contributed by atoms with Crippen LogP contribution in [0.5, 0.6) is 5.75 Å². The minimum Gasteiger partial charge on any atom is -0.492 e. The van der Waals surface area contributed by atoms with Gasteiger partial charge in [-0.15, -0.1) is 11.8 Å². The third-order valence-corrected chi connectivity index (χ3v) is 6.18. The Hall–Kier alpha value is -3.31. The van der Waals surface area contributed by atoms with Gasteiger partial charge in [-0.2, -0.15) is 0 Å². The lowest BCUT2D eigenvalue weighted by atomic mass is 10.1. The van der Waals surface area contributed by atoms with E-state index in [9.17, 15) is 14.0 Å². The van der Waals surface area contributed by atoms with Crippen molar-refractivity contribution in [2.45, 2.75) is 26.8 Å². The molecule has 1 amide bonds. The van der Waals surface area contributed by atoms with E-state index in [2.05, 4.69) is 25.9 Å². The molecule has 0 spiro atoms. The Kier molecular flexibility index (Phi) is 10.6. The first kappa shape index (κ1) is 28.3. The van der Waals surface area contributed by atoms with E-state index in [0.717, 1.165) is 0 Å². The number of aromatic nitrogens is 2. The van der Waals surface area contributed by atoms with Crippen LogP contribution >= 0.6 is 23.4 Å². The molecule has 2 aromatic carbocycles. The molecule has 0 saturated heterocycles. The maximum atomic E-state index is 13.6. The highest BCUT2D eigenvalue weighted by Gasteiger charge is 2.14. The second kappa shape index (κ2) is 13.8. The van der Waals surface area contributed by atoms with E-state index < -0.39 is 5.82 Å². The van der Waals surface area contributed by atoms with E-state index in [0.29, 0.717) is 53.6 Å². The number of halogens is 2. The molecule has 0 aliphatic carbocycles. The highest BCUT2D eigenvalue weighted by atomic mass is 35.5. The number of amides is 1. The van der Waals surface area contributed by atoms with Gasteiger partial charge in [0.2, 0.25) is 5.91 Å². The van der Waals surface area contributed by atoms with Crippen LogP contribution in [0.25, 0.3) is 10.9 Å². The number of ether oxygens (including phenoxy) is 2. The summed E-state index contributed by atoms with van der Waals surface area (Å²) in [5, 5.41) is 10.1. The Labute approximate surface area is 223 Å². The Balaban J connectivity index is 1.70. The number of rotatable bonds is 13. The number of benzene rings is 2. The number of carbonyl (C=O) groups is 2. The van der Waals surface area contributed by atoms with Gasteiger partial charge in [0, 0.05) is 29.7 Å². The van der Waals surface area contributed by atoms with Crippen molar-refractivity contribution in [3.63, 3.8) is 0 Å². The van der Waals surface area contributed by atoms with E-state index in [1.807, 2.05) is 19.9 Å². The van der Waals surface area contributed by atoms with Crippen LogP contribution in [0.1, 0.15) is 20.8 Å². The average Bonchev–Trinajstić information content (AvgIpc) is 2.85. The van der Waals surface area contributed by atoms with E-state index in [1.54, 1.807) is 19.1 Å². The van der Waals surface area contributed by atoms with E-state index in [-0.39, 0.29) is 34.4 Å². The lowest BCUT2D eigenvalue weighted by Gasteiger charge is -2.18. The van der Waals surface area contributed by atoms with Crippen molar-refractivity contribution in [3.05, 3.63) is 47.5 Å². The molecule has 0 bridgehead atoms. The van der Waals surface area contributed by atoms with E-state index in [4.69, 9.17) is 21.1 Å². The molecule has 0 aliphatic heterocycles. The zero-order chi connectivity index (χ0) is 26.8. The molecule has 12 heteroatoms. The van der Waals surface area contributed by atoms with Crippen LogP contribution in [0.15, 0.2) is 36.7 Å². The van der Waals surface area contributed by atoms with Crippen LogP contribution in [0.4, 0.5) is 21.6 Å². The second-order valence-corrected chi connectivity index (χ2v) is 9.31. The molecule has 198 valence electrons. The first-order chi connectivity index (χ1) is 17.8. The lowest BCUT2D eigenvalue weighted by molar-refractivity contribution is -0.139. The zero-order valence-electron chi connectivity index (χ0n) is 20.8. The maximum Gasteiger partial charge on any atom is 0.315 e. The van der Waals surface area contributed by atoms with E-state index in [1.165, 1.54) is 30.2 Å². The first-order valence-corrected chi connectivity index (χ1v) is 13.2. The quantitative estimate of drug-likeness (QED) is 0.259. The fraction of sp³-hybridized carbons (Fsp3) is 0.360. The summed E-state index contributed by atoms with van der Waals surface area (Å²) in [6.45, 7) is 6.68. The van der Waals surface area contributed by atoms with Gasteiger partial charge >= 0.3 is 5.97 Å². The molecule has 9 nitrogen and oxygen atoms in total. The topological polar surface area (TPSA) is 114 Å². The summed E-state index contributed by atoms with van der Waals surface area (Å²) in [6, 6.07) is 7.79. The Morgan fingerprint density at radius 1 is 1.14 bits per heavy atom. The molecule has 0 fully saturated rings. The van der Waals surface area contributed by atoms with Crippen LogP contribution < -0.4 is 20.7 Å². The van der Waals surface area contributed by atoms with Gasteiger partial charge in [-0.3, -0.25) is 9.59 Å². The summed E-state index contributed by atoms with van der Waals surface area (Å²) >= 11 is 7.12. The summed E-state index contributed by atoms with van der Waals surface area (Å²) < 4.78 is 24.2. The number of nitrogens with zero attached hydrogens (tertiary/aromatic N) is 2. The number of anilines is 3. The van der Waals surface area contributed by atoms with Gasteiger partial charge in [-0.1, -0.05) is 11.6 Å². The molecule has 1 heterocycles. The predicted octanol–water partition coefficient (Wildman–Crippen LogP) is 4.78. The molecule has 3 aromatic rings. The molecule has 0 unspecified atom stereocenters. The minimum atomic E-state index is -0.508. The first-order valence-electron chi connectivity index (χ1n) is 11.7. The van der Waals surface area contributed by atoms with Gasteiger partial charge in [0.1, 0.15) is 23.7 Å². The van der Waals surface area contributed by atoms with Crippen molar-refractivity contribution in [2.24, 2.45) is 0 Å². The standard InChI is InChI=1S/C25H29ClFN5O4S/c1-4-35-22-10-20-17(25(30-14-29-20)32-16-6-7-19(27)18(26)8-16)9-21(22)28-11-15(3)31-23(33)12-37-13-24(34)36-5-2/h6-10,14-15,28H,4-5,11-13H2,1-3H3,(H,31,33)(H,29,30,32)/t15-/m0/s1. The van der Waals surface area contributed by atoms with Crippen molar-refractivity contribution in [3.8, 4) is 5.75 Å². The number of nitrogens with one attached hydrogen (secondary N) is 3. The Morgan fingerprint density at radius 2 is 1.95 bits per heavy atom. The molecule has 0 radical (unpaired) electrons. The van der Waals surface area contributed by atoms with Gasteiger partial charge in [0.25, 0.3) is 0 Å². The molecule has 37 heavy (non-hydrogen) atoms. The number of thioether (sulfide) groups is 1. The number of carbonyl (C=O) groups excluding carboxylic acids is 2. The molecule has 0 aliphatic rings. The van der Waals surface area contributed by atoms with Gasteiger partial charge < -0.3 is 25.4 Å². The molecule has 1 aromatic heterocycles. The van der Waals surface area contributed by atoms with E-state index >= 15 is 0 Å². The zero-order valence-corrected chi connectivity index (χ0v) is 22.3. The Morgan fingerprint density at radius 3 is 2.68 bits per heavy atom. The summed E-state index contributed by atoms with van der Waals surface area (Å²) in [7, 11) is 0. The minimum absolute atomic E-state index is 0.000300. The van der Waals surface area contributed by atoms with Crippen LogP contribution in [0, 0.1) is 5.82 Å². The SMILES string of the molecule is CCOC(=O)CSCC(=O)N[C@@H](C)CNc1cc2c(Nc3ccc(F)c(Cl)c3)ncnc2cc1OCC. The maximum absolute atomic E-state index is 13.6. The molecular weight excluding hydrogens is 521 g/mol. The smallest absolute Gasteiger partial charge is 0.315 e. The van der Waals surface area contributed by atoms with Gasteiger partial charge in [-0.05, 0) is 45.0 Å². The molecule has 1 atom stereocenters. The number of hydrogen-bond acceptors (Lipinski definition) is 9. The summed E-state index contributed by atoms with van der Waals surface area (Å²) in [5.74, 6) is 0.382. The van der Waals surface area contributed by atoms with Gasteiger partial charge in [0.05, 0.1) is 40.9 Å². The number of hydrogen-bond donors (Lipinski definition) is 3. The second-order valence-electron chi connectivity index (χ2n) is 7.92. The van der Waals surface area contributed by atoms with Crippen LogP contribution in [0.3, 0.4) is 0 Å². The molecule has 0 saturated carbocycles. The third-order valence-electron chi connectivity index (χ3n) is 4.98. The fourth-order valence-corrected chi connectivity index (χ4v) is 4.17. The van der Waals surface area contributed by atoms with Crippen molar-refractivity contribution < 1.29 is 23.5 Å². The summed E-state index contributed by atoms with van der Waals surface area (Å²) in [6.07, 6.45) is 1.43.